The molecule has 0 bridgehead atoms. The molecule has 0 saturated carbocycles. The second-order valence-corrected chi connectivity index (χ2v) is 8.97. The topological polar surface area (TPSA) is 54.1 Å². The summed E-state index contributed by atoms with van der Waals surface area (Å²) in [4.78, 5) is 1.79. The zero-order valence-corrected chi connectivity index (χ0v) is 19.5. The summed E-state index contributed by atoms with van der Waals surface area (Å²) >= 11 is 1.74. The summed E-state index contributed by atoms with van der Waals surface area (Å²) in [6.07, 6.45) is -3.03. The number of alkyl halides is 2. The molecule has 0 spiro atoms. The van der Waals surface area contributed by atoms with E-state index in [0.717, 1.165) is 30.6 Å². The quantitative estimate of drug-likeness (QED) is 0.0885. The first kappa shape index (κ1) is 25.6. The number of hydrogen-bond acceptors (Lipinski definition) is 6. The summed E-state index contributed by atoms with van der Waals surface area (Å²) in [5, 5.41) is 2.88. The minimum Gasteiger partial charge on any atom is -0.437 e. The van der Waals surface area contributed by atoms with Crippen LogP contribution < -0.4 is 10.7 Å². The highest BCUT2D eigenvalue weighted by atomic mass is 32.2. The van der Waals surface area contributed by atoms with E-state index in [0.29, 0.717) is 11.3 Å². The summed E-state index contributed by atoms with van der Waals surface area (Å²) in [5.74, 6) is 3.77. The van der Waals surface area contributed by atoms with Crippen LogP contribution in [0.3, 0.4) is 0 Å². The molecule has 1 aliphatic heterocycles. The van der Waals surface area contributed by atoms with E-state index < -0.39 is 24.0 Å². The molecular formula is C24H26F4N4OS. The second-order valence-electron chi connectivity index (χ2n) is 7.62. The first-order valence-electron chi connectivity index (χ1n) is 10.5. The Morgan fingerprint density at radius 1 is 1.24 bits per heavy atom. The van der Waals surface area contributed by atoms with E-state index in [2.05, 4.69) is 29.5 Å². The molecule has 0 aromatic heterocycles. The maximum Gasteiger partial charge on any atom is 0.314 e. The van der Waals surface area contributed by atoms with Gasteiger partial charge in [-0.25, -0.2) is 13.1 Å². The molecule has 10 heteroatoms. The summed E-state index contributed by atoms with van der Waals surface area (Å²) in [6, 6.07) is 10.2. The third-order valence-electron chi connectivity index (χ3n) is 5.34. The lowest BCUT2D eigenvalue weighted by Gasteiger charge is -2.42. The van der Waals surface area contributed by atoms with Gasteiger partial charge in [-0.05, 0) is 24.3 Å². The van der Waals surface area contributed by atoms with E-state index in [1.807, 2.05) is 0 Å². The summed E-state index contributed by atoms with van der Waals surface area (Å²) in [5.41, 5.74) is 1.78. The zero-order chi connectivity index (χ0) is 24.8. The van der Waals surface area contributed by atoms with Gasteiger partial charge in [0.1, 0.15) is 17.4 Å². The summed E-state index contributed by atoms with van der Waals surface area (Å²) in [7, 11) is 0. The highest BCUT2D eigenvalue weighted by molar-refractivity contribution is 7.97. The molecule has 2 aromatic carbocycles. The molecule has 1 aliphatic rings. The van der Waals surface area contributed by atoms with Crippen molar-refractivity contribution in [2.45, 2.75) is 19.9 Å². The molecule has 34 heavy (non-hydrogen) atoms. The molecule has 5 nitrogen and oxygen atoms in total. The fraction of sp³-hybridized carbons (Fsp3) is 0.292. The molecule has 2 N–H and O–H groups in total. The van der Waals surface area contributed by atoms with Crippen LogP contribution in [-0.4, -0.2) is 35.5 Å². The lowest BCUT2D eigenvalue weighted by molar-refractivity contribution is 0.196. The minimum absolute atomic E-state index is 0.103. The van der Waals surface area contributed by atoms with Gasteiger partial charge in [-0.15, -0.1) is 5.10 Å². The van der Waals surface area contributed by atoms with E-state index in [9.17, 15) is 13.2 Å². The van der Waals surface area contributed by atoms with Gasteiger partial charge in [0.05, 0.1) is 6.54 Å². The van der Waals surface area contributed by atoms with Crippen LogP contribution in [0.15, 0.2) is 66.4 Å². The number of nitrogens with two attached hydrogens (primary N) is 1. The van der Waals surface area contributed by atoms with Gasteiger partial charge in [-0.2, -0.15) is 8.78 Å². The molecule has 0 aliphatic carbocycles. The average Bonchev–Trinajstić information content (AvgIpc) is 2.77. The summed E-state index contributed by atoms with van der Waals surface area (Å²) in [6.45, 7) is 11.6. The van der Waals surface area contributed by atoms with Crippen LogP contribution >= 0.6 is 11.9 Å². The van der Waals surface area contributed by atoms with Gasteiger partial charge in [0.15, 0.2) is 0 Å². The molecule has 0 amide bonds. The van der Waals surface area contributed by atoms with Gasteiger partial charge in [0, 0.05) is 47.3 Å². The van der Waals surface area contributed by atoms with Crippen molar-refractivity contribution in [1.82, 2.24) is 4.31 Å². The molecule has 0 atom stereocenters. The fourth-order valence-corrected chi connectivity index (χ4v) is 4.43. The van der Waals surface area contributed by atoms with Crippen LogP contribution in [0.5, 0.6) is 0 Å². The number of benzene rings is 2. The largest absolute Gasteiger partial charge is 0.437 e. The van der Waals surface area contributed by atoms with Gasteiger partial charge in [-0.3, -0.25) is 0 Å². The Morgan fingerprint density at radius 3 is 2.56 bits per heavy atom. The summed E-state index contributed by atoms with van der Waals surface area (Å²) < 4.78 is 61.7. The SMILES string of the molecule is C=C(O/C(=N\N)C(F)F)c1ccc(CN(C(=C)C2CN(SCC)C2)c2cccc(F)c2)c(F)c1. The van der Waals surface area contributed by atoms with Gasteiger partial charge < -0.3 is 15.5 Å². The monoisotopic (exact) mass is 494 g/mol. The number of rotatable bonds is 10. The van der Waals surface area contributed by atoms with Crippen molar-refractivity contribution in [3.63, 3.8) is 0 Å². The number of anilines is 1. The molecule has 2 aromatic rings. The van der Waals surface area contributed by atoms with Crippen molar-refractivity contribution in [2.75, 3.05) is 23.7 Å². The fourth-order valence-electron chi connectivity index (χ4n) is 3.49. The maximum absolute atomic E-state index is 15.0. The van der Waals surface area contributed by atoms with Crippen molar-refractivity contribution in [3.05, 3.63) is 84.1 Å². The van der Waals surface area contributed by atoms with Crippen molar-refractivity contribution >= 4 is 29.3 Å². The molecule has 1 fully saturated rings. The molecule has 182 valence electrons. The third kappa shape index (κ3) is 6.12. The number of nitrogens with zero attached hydrogens (tertiary/aromatic N) is 3. The van der Waals surface area contributed by atoms with Crippen LogP contribution in [0.2, 0.25) is 0 Å². The number of hydrogen-bond donors (Lipinski definition) is 1. The van der Waals surface area contributed by atoms with E-state index in [1.165, 1.54) is 24.3 Å². The zero-order valence-electron chi connectivity index (χ0n) is 18.7. The van der Waals surface area contributed by atoms with E-state index in [1.54, 1.807) is 29.0 Å². The minimum atomic E-state index is -3.03. The first-order valence-corrected chi connectivity index (χ1v) is 11.5. The van der Waals surface area contributed by atoms with Crippen molar-refractivity contribution < 1.29 is 22.3 Å². The highest BCUT2D eigenvalue weighted by Gasteiger charge is 2.32. The highest BCUT2D eigenvalue weighted by Crippen LogP contribution is 2.34. The van der Waals surface area contributed by atoms with Gasteiger partial charge >= 0.3 is 6.43 Å². The molecule has 3 rings (SSSR count). The Hall–Kier alpha value is -2.98. The lowest BCUT2D eigenvalue weighted by atomic mass is 9.97. The Kier molecular flexibility index (Phi) is 8.62. The van der Waals surface area contributed by atoms with E-state index >= 15 is 4.39 Å². The molecular weight excluding hydrogens is 468 g/mol. The Labute approximate surface area is 200 Å². The standard InChI is InChI=1S/C24H26F4N4OS/c1-4-34-31-12-19(13-31)15(2)32(21-7-5-6-20(25)11-21)14-18-9-8-17(10-22(18)26)16(3)33-24(30-29)23(27)28/h5-11,19,23H,2-4,12-14,29H2,1H3/b30-24-. The van der Waals surface area contributed by atoms with Gasteiger partial charge in [-0.1, -0.05) is 50.2 Å². The molecule has 1 heterocycles. The van der Waals surface area contributed by atoms with Crippen LogP contribution in [0.25, 0.3) is 5.76 Å². The Bertz CT molecular complexity index is 1070. The Morgan fingerprint density at radius 2 is 1.97 bits per heavy atom. The molecule has 1 saturated heterocycles. The lowest BCUT2D eigenvalue weighted by Crippen LogP contribution is -2.46. The molecule has 0 unspecified atom stereocenters. The van der Waals surface area contributed by atoms with Crippen molar-refractivity contribution in [2.24, 2.45) is 16.9 Å². The van der Waals surface area contributed by atoms with Crippen LogP contribution in [-0.2, 0) is 11.3 Å². The normalized spacial score (nSPS) is 14.7. The first-order chi connectivity index (χ1) is 16.2. The Balaban J connectivity index is 1.81. The average molecular weight is 495 g/mol. The number of halogens is 4. The van der Waals surface area contributed by atoms with Crippen molar-refractivity contribution in [1.29, 1.82) is 0 Å². The second kappa shape index (κ2) is 11.4. The predicted molar refractivity (Wildman–Crippen MR) is 129 cm³/mol. The van der Waals surface area contributed by atoms with Crippen LogP contribution in [0.1, 0.15) is 18.1 Å². The third-order valence-corrected chi connectivity index (χ3v) is 6.26. The maximum atomic E-state index is 15.0. The van der Waals surface area contributed by atoms with Crippen LogP contribution in [0.4, 0.5) is 23.2 Å². The van der Waals surface area contributed by atoms with Gasteiger partial charge in [0.2, 0.25) is 0 Å². The number of ether oxygens (including phenoxy) is 1. The smallest absolute Gasteiger partial charge is 0.314 e. The van der Waals surface area contributed by atoms with Crippen molar-refractivity contribution in [3.8, 4) is 0 Å². The van der Waals surface area contributed by atoms with Crippen LogP contribution in [0, 0.1) is 17.6 Å². The predicted octanol–water partition coefficient (Wildman–Crippen LogP) is 5.61. The van der Waals surface area contributed by atoms with E-state index in [-0.39, 0.29) is 23.8 Å². The van der Waals surface area contributed by atoms with Gasteiger partial charge in [0.25, 0.3) is 5.90 Å². The molecule has 0 radical (unpaired) electrons. The number of hydrazone groups is 1. The van der Waals surface area contributed by atoms with E-state index in [4.69, 9.17) is 10.6 Å².